The SMILES string of the molecule is Cc1cnc(NCc2cccc(C#N)c2)c(Br)c1. The average Bonchev–Trinajstić information content (AvgIpc) is 2.38. The van der Waals surface area contributed by atoms with Crippen molar-refractivity contribution in [1.29, 1.82) is 5.26 Å². The van der Waals surface area contributed by atoms with Crippen LogP contribution in [0.15, 0.2) is 41.0 Å². The molecule has 0 saturated heterocycles. The van der Waals surface area contributed by atoms with E-state index in [1.54, 1.807) is 6.07 Å². The third-order valence-electron chi connectivity index (χ3n) is 2.49. The van der Waals surface area contributed by atoms with E-state index < -0.39 is 0 Å². The van der Waals surface area contributed by atoms with Crippen molar-refractivity contribution in [2.24, 2.45) is 0 Å². The molecular weight excluding hydrogens is 290 g/mol. The van der Waals surface area contributed by atoms with Gasteiger partial charge in [-0.1, -0.05) is 12.1 Å². The van der Waals surface area contributed by atoms with Gasteiger partial charge in [0.25, 0.3) is 0 Å². The Kier molecular flexibility index (Phi) is 3.96. The van der Waals surface area contributed by atoms with Crippen molar-refractivity contribution in [3.63, 3.8) is 0 Å². The molecule has 1 aromatic heterocycles. The third-order valence-corrected chi connectivity index (χ3v) is 3.10. The Hall–Kier alpha value is -1.86. The number of hydrogen-bond acceptors (Lipinski definition) is 3. The molecule has 1 heterocycles. The van der Waals surface area contributed by atoms with Crippen LogP contribution < -0.4 is 5.32 Å². The maximum absolute atomic E-state index is 8.83. The number of nitrogens with one attached hydrogen (secondary N) is 1. The first-order chi connectivity index (χ1) is 8.69. The van der Waals surface area contributed by atoms with Crippen molar-refractivity contribution in [1.82, 2.24) is 4.98 Å². The zero-order valence-electron chi connectivity index (χ0n) is 9.94. The van der Waals surface area contributed by atoms with E-state index in [0.29, 0.717) is 12.1 Å². The van der Waals surface area contributed by atoms with E-state index in [9.17, 15) is 0 Å². The van der Waals surface area contributed by atoms with Crippen molar-refractivity contribution in [2.45, 2.75) is 13.5 Å². The van der Waals surface area contributed by atoms with Crippen LogP contribution in [0, 0.1) is 18.3 Å². The van der Waals surface area contributed by atoms with Gasteiger partial charge in [0, 0.05) is 12.7 Å². The van der Waals surface area contributed by atoms with E-state index in [1.807, 2.05) is 37.4 Å². The number of hydrogen-bond donors (Lipinski definition) is 1. The Labute approximate surface area is 115 Å². The number of nitrogens with zero attached hydrogens (tertiary/aromatic N) is 2. The van der Waals surface area contributed by atoms with Crippen molar-refractivity contribution in [2.75, 3.05) is 5.32 Å². The predicted octanol–water partition coefficient (Wildman–Crippen LogP) is 3.64. The Bertz CT molecular complexity index is 602. The molecule has 0 atom stereocenters. The second kappa shape index (κ2) is 5.65. The summed E-state index contributed by atoms with van der Waals surface area (Å²) < 4.78 is 0.943. The summed E-state index contributed by atoms with van der Waals surface area (Å²) in [6.45, 7) is 2.64. The predicted molar refractivity (Wildman–Crippen MR) is 75.2 cm³/mol. The van der Waals surface area contributed by atoms with Crippen LogP contribution >= 0.6 is 15.9 Å². The number of rotatable bonds is 3. The summed E-state index contributed by atoms with van der Waals surface area (Å²) in [6, 6.07) is 11.7. The Morgan fingerprint density at radius 2 is 2.22 bits per heavy atom. The van der Waals surface area contributed by atoms with Gasteiger partial charge in [-0.2, -0.15) is 5.26 Å². The first-order valence-electron chi connectivity index (χ1n) is 5.54. The van der Waals surface area contributed by atoms with Gasteiger partial charge in [-0.3, -0.25) is 0 Å². The molecule has 3 nitrogen and oxygen atoms in total. The van der Waals surface area contributed by atoms with Crippen LogP contribution in [-0.2, 0) is 6.54 Å². The summed E-state index contributed by atoms with van der Waals surface area (Å²) in [6.07, 6.45) is 1.82. The minimum absolute atomic E-state index is 0.643. The smallest absolute Gasteiger partial charge is 0.140 e. The lowest BCUT2D eigenvalue weighted by molar-refractivity contribution is 1.10. The minimum Gasteiger partial charge on any atom is -0.365 e. The standard InChI is InChI=1S/C14H12BrN3/c1-10-5-13(15)14(17-8-10)18-9-12-4-2-3-11(6-12)7-16/h2-6,8H,9H2,1H3,(H,17,18). The van der Waals surface area contributed by atoms with Crippen molar-refractivity contribution in [3.05, 3.63) is 57.7 Å². The fourth-order valence-corrected chi connectivity index (χ4v) is 2.20. The highest BCUT2D eigenvalue weighted by molar-refractivity contribution is 9.10. The second-order valence-corrected chi connectivity index (χ2v) is 4.86. The summed E-state index contributed by atoms with van der Waals surface area (Å²) in [4.78, 5) is 4.31. The van der Waals surface area contributed by atoms with Gasteiger partial charge >= 0.3 is 0 Å². The molecule has 2 rings (SSSR count). The molecule has 4 heteroatoms. The molecule has 0 unspecified atom stereocenters. The van der Waals surface area contributed by atoms with Gasteiger partial charge in [0.1, 0.15) is 5.82 Å². The summed E-state index contributed by atoms with van der Waals surface area (Å²) in [5.41, 5.74) is 2.84. The van der Waals surface area contributed by atoms with Crippen LogP contribution in [0.3, 0.4) is 0 Å². The molecule has 0 aliphatic rings. The van der Waals surface area contributed by atoms with Crippen LogP contribution in [0.1, 0.15) is 16.7 Å². The van der Waals surface area contributed by atoms with E-state index in [2.05, 4.69) is 32.3 Å². The topological polar surface area (TPSA) is 48.7 Å². The van der Waals surface area contributed by atoms with Gasteiger partial charge in [0.05, 0.1) is 16.1 Å². The number of halogens is 1. The molecule has 0 spiro atoms. The highest BCUT2D eigenvalue weighted by atomic mass is 79.9. The van der Waals surface area contributed by atoms with Gasteiger partial charge in [-0.15, -0.1) is 0 Å². The molecule has 18 heavy (non-hydrogen) atoms. The normalized spacial score (nSPS) is 9.83. The highest BCUT2D eigenvalue weighted by Crippen LogP contribution is 2.21. The van der Waals surface area contributed by atoms with Crippen LogP contribution in [0.4, 0.5) is 5.82 Å². The average molecular weight is 302 g/mol. The lowest BCUT2D eigenvalue weighted by atomic mass is 10.1. The maximum atomic E-state index is 8.83. The monoisotopic (exact) mass is 301 g/mol. The highest BCUT2D eigenvalue weighted by Gasteiger charge is 2.01. The molecule has 1 N–H and O–H groups in total. The number of benzene rings is 1. The number of anilines is 1. The lowest BCUT2D eigenvalue weighted by Gasteiger charge is -2.08. The molecule has 0 amide bonds. The fraction of sp³-hybridized carbons (Fsp3) is 0.143. The summed E-state index contributed by atoms with van der Waals surface area (Å²) in [5.74, 6) is 0.808. The van der Waals surface area contributed by atoms with Crippen molar-refractivity contribution >= 4 is 21.7 Å². The molecule has 2 aromatic rings. The van der Waals surface area contributed by atoms with Crippen molar-refractivity contribution < 1.29 is 0 Å². The molecule has 90 valence electrons. The second-order valence-electron chi connectivity index (χ2n) is 4.01. The molecule has 0 aliphatic heterocycles. The quantitative estimate of drug-likeness (QED) is 0.941. The van der Waals surface area contributed by atoms with Crippen LogP contribution in [0.2, 0.25) is 0 Å². The van der Waals surface area contributed by atoms with E-state index in [-0.39, 0.29) is 0 Å². The number of pyridine rings is 1. The molecule has 0 bridgehead atoms. The van der Waals surface area contributed by atoms with Gasteiger partial charge in [0.2, 0.25) is 0 Å². The van der Waals surface area contributed by atoms with E-state index >= 15 is 0 Å². The van der Waals surface area contributed by atoms with E-state index in [4.69, 9.17) is 5.26 Å². The third kappa shape index (κ3) is 3.08. The van der Waals surface area contributed by atoms with Gasteiger partial charge in [-0.05, 0) is 52.2 Å². The molecule has 0 fully saturated rings. The zero-order valence-corrected chi connectivity index (χ0v) is 11.5. The minimum atomic E-state index is 0.643. The first-order valence-corrected chi connectivity index (χ1v) is 6.33. The van der Waals surface area contributed by atoms with Crippen LogP contribution in [-0.4, -0.2) is 4.98 Å². The summed E-state index contributed by atoms with van der Waals surface area (Å²) in [7, 11) is 0. The fourth-order valence-electron chi connectivity index (χ4n) is 1.60. The lowest BCUT2D eigenvalue weighted by Crippen LogP contribution is -2.02. The van der Waals surface area contributed by atoms with Crippen LogP contribution in [0.5, 0.6) is 0 Å². The van der Waals surface area contributed by atoms with E-state index in [0.717, 1.165) is 21.4 Å². The number of aryl methyl sites for hydroxylation is 1. The maximum Gasteiger partial charge on any atom is 0.140 e. The number of nitriles is 1. The Morgan fingerprint density at radius 1 is 1.39 bits per heavy atom. The molecule has 0 saturated carbocycles. The number of aromatic nitrogens is 1. The van der Waals surface area contributed by atoms with Gasteiger partial charge in [-0.25, -0.2) is 4.98 Å². The summed E-state index contributed by atoms with van der Waals surface area (Å²) >= 11 is 3.47. The van der Waals surface area contributed by atoms with E-state index in [1.165, 1.54) is 0 Å². The summed E-state index contributed by atoms with van der Waals surface area (Å²) in [5, 5.41) is 12.1. The Balaban J connectivity index is 2.09. The molecular formula is C14H12BrN3. The molecule has 0 aliphatic carbocycles. The largest absolute Gasteiger partial charge is 0.365 e. The van der Waals surface area contributed by atoms with Gasteiger partial charge < -0.3 is 5.32 Å². The molecule has 0 radical (unpaired) electrons. The molecule has 1 aromatic carbocycles. The van der Waals surface area contributed by atoms with Gasteiger partial charge in [0.15, 0.2) is 0 Å². The Morgan fingerprint density at radius 3 is 2.94 bits per heavy atom. The van der Waals surface area contributed by atoms with Crippen LogP contribution in [0.25, 0.3) is 0 Å². The first kappa shape index (κ1) is 12.6. The zero-order chi connectivity index (χ0) is 13.0. The van der Waals surface area contributed by atoms with Crippen molar-refractivity contribution in [3.8, 4) is 6.07 Å².